The van der Waals surface area contributed by atoms with E-state index in [1.54, 1.807) is 0 Å². The van der Waals surface area contributed by atoms with Gasteiger partial charge in [-0.25, -0.2) is 8.78 Å². The van der Waals surface area contributed by atoms with Gasteiger partial charge in [0.15, 0.2) is 0 Å². The molecule has 0 bridgehead atoms. The fraction of sp³-hybridized carbons (Fsp3) is 1.00. The van der Waals surface area contributed by atoms with E-state index in [0.29, 0.717) is 25.7 Å². The average molecular weight is 755 g/mol. The molecule has 2 atom stereocenters. The Morgan fingerprint density at radius 1 is 0.226 bits per heavy atom. The maximum absolute atomic E-state index is 16.8. The number of halogens is 2. The minimum Gasteiger partial charge on any atom is -0.309 e. The maximum Gasteiger partial charge on any atom is 0.212 e. The van der Waals surface area contributed by atoms with E-state index in [4.69, 9.17) is 4.74 Å². The number of hydrogen-bond donors (Lipinski definition) is 0. The number of unbranched alkanes of at least 4 members (excludes halogenated alkanes) is 36. The van der Waals surface area contributed by atoms with Crippen LogP contribution in [0, 0.1) is 0 Å². The van der Waals surface area contributed by atoms with E-state index in [1.807, 2.05) is 0 Å². The Labute approximate surface area is 334 Å². The minimum atomic E-state index is -1.82. The smallest absolute Gasteiger partial charge is 0.212 e. The molecule has 0 aliphatic heterocycles. The number of rotatable bonds is 46. The van der Waals surface area contributed by atoms with Crippen molar-refractivity contribution in [2.45, 2.75) is 322 Å². The Morgan fingerprint density at radius 2 is 0.358 bits per heavy atom. The molecule has 53 heavy (non-hydrogen) atoms. The summed E-state index contributed by atoms with van der Waals surface area (Å²) >= 11 is 0. The van der Waals surface area contributed by atoms with Crippen LogP contribution in [0.15, 0.2) is 0 Å². The summed E-state index contributed by atoms with van der Waals surface area (Å²) in [5, 5.41) is 0. The normalized spacial score (nSPS) is 14.2. The molecule has 0 aliphatic rings. The van der Waals surface area contributed by atoms with Crippen LogP contribution in [0.5, 0.6) is 0 Å². The number of ether oxygens (including phenoxy) is 1. The van der Waals surface area contributed by atoms with Gasteiger partial charge in [-0.2, -0.15) is 0 Å². The van der Waals surface area contributed by atoms with Crippen LogP contribution in [-0.2, 0) is 4.74 Å². The Bertz CT molecular complexity index is 628. The molecular formula is C50H100F2O. The summed E-state index contributed by atoms with van der Waals surface area (Å²) in [6, 6.07) is 0. The molecule has 0 radical (unpaired) electrons. The molecule has 0 aromatic carbocycles. The van der Waals surface area contributed by atoms with Crippen LogP contribution in [-0.4, -0.2) is 11.7 Å². The van der Waals surface area contributed by atoms with Crippen molar-refractivity contribution in [1.82, 2.24) is 0 Å². The fourth-order valence-electron chi connectivity index (χ4n) is 8.29. The third-order valence-corrected chi connectivity index (χ3v) is 12.0. The SMILES string of the molecule is CCCCCCCCCCCCCCCCC(F)(CCCCCCCC)OC(F)(CCCCCCCC)CCCCCCCCCCCCCCCC. The summed E-state index contributed by atoms with van der Waals surface area (Å²) in [5.74, 6) is -3.65. The predicted molar refractivity (Wildman–Crippen MR) is 235 cm³/mol. The highest BCUT2D eigenvalue weighted by molar-refractivity contribution is 4.78. The third kappa shape index (κ3) is 38.5. The van der Waals surface area contributed by atoms with Crippen LogP contribution in [0.2, 0.25) is 0 Å². The van der Waals surface area contributed by atoms with Crippen molar-refractivity contribution in [3.05, 3.63) is 0 Å². The minimum absolute atomic E-state index is 0.360. The summed E-state index contributed by atoms with van der Waals surface area (Å²) in [7, 11) is 0. The molecule has 0 N–H and O–H groups in total. The van der Waals surface area contributed by atoms with Gasteiger partial charge in [0.25, 0.3) is 0 Å². The van der Waals surface area contributed by atoms with Crippen LogP contribution in [0.3, 0.4) is 0 Å². The van der Waals surface area contributed by atoms with Crippen LogP contribution < -0.4 is 0 Å². The lowest BCUT2D eigenvalue weighted by molar-refractivity contribution is -0.286. The second-order valence-corrected chi connectivity index (χ2v) is 17.6. The second-order valence-electron chi connectivity index (χ2n) is 17.6. The van der Waals surface area contributed by atoms with Crippen molar-refractivity contribution in [3.63, 3.8) is 0 Å². The van der Waals surface area contributed by atoms with E-state index in [9.17, 15) is 0 Å². The molecule has 0 rings (SSSR count). The van der Waals surface area contributed by atoms with Crippen LogP contribution >= 0.6 is 0 Å². The summed E-state index contributed by atoms with van der Waals surface area (Å²) < 4.78 is 39.8. The number of alkyl halides is 2. The Morgan fingerprint density at radius 3 is 0.509 bits per heavy atom. The van der Waals surface area contributed by atoms with E-state index in [2.05, 4.69) is 27.7 Å². The predicted octanol–water partition coefficient (Wildman–Crippen LogP) is 19.6. The molecule has 0 amide bonds. The molecule has 1 nitrogen and oxygen atoms in total. The molecule has 3 heteroatoms. The molecule has 320 valence electrons. The quantitative estimate of drug-likeness (QED) is 0.0562. The van der Waals surface area contributed by atoms with Gasteiger partial charge in [-0.1, -0.05) is 259 Å². The summed E-state index contributed by atoms with van der Waals surface area (Å²) in [6.45, 7) is 9.04. The first-order valence-electron chi connectivity index (χ1n) is 25.0. The Balaban J connectivity index is 4.79. The van der Waals surface area contributed by atoms with Crippen molar-refractivity contribution < 1.29 is 13.5 Å². The van der Waals surface area contributed by atoms with Gasteiger partial charge >= 0.3 is 0 Å². The van der Waals surface area contributed by atoms with Gasteiger partial charge in [-0.3, -0.25) is 0 Å². The summed E-state index contributed by atoms with van der Waals surface area (Å²) in [4.78, 5) is 0. The lowest BCUT2D eigenvalue weighted by atomic mass is 9.97. The van der Waals surface area contributed by atoms with E-state index in [-0.39, 0.29) is 0 Å². The highest BCUT2D eigenvalue weighted by Gasteiger charge is 2.41. The first kappa shape index (κ1) is 52.8. The molecule has 0 heterocycles. The zero-order valence-electron chi connectivity index (χ0n) is 37.3. The molecule has 0 aromatic heterocycles. The molecule has 0 spiro atoms. The zero-order chi connectivity index (χ0) is 38.8. The van der Waals surface area contributed by atoms with Gasteiger partial charge < -0.3 is 4.74 Å². The molecule has 0 saturated carbocycles. The van der Waals surface area contributed by atoms with E-state index in [0.717, 1.165) is 64.2 Å². The van der Waals surface area contributed by atoms with Crippen molar-refractivity contribution in [2.24, 2.45) is 0 Å². The molecule has 0 saturated heterocycles. The molecular weight excluding hydrogens is 655 g/mol. The monoisotopic (exact) mass is 755 g/mol. The zero-order valence-corrected chi connectivity index (χ0v) is 37.3. The van der Waals surface area contributed by atoms with Crippen molar-refractivity contribution in [2.75, 3.05) is 0 Å². The van der Waals surface area contributed by atoms with Crippen LogP contribution in [0.25, 0.3) is 0 Å². The van der Waals surface area contributed by atoms with Gasteiger partial charge in [-0.15, -0.1) is 0 Å². The summed E-state index contributed by atoms with van der Waals surface area (Å²) in [6.07, 6.45) is 50.8. The van der Waals surface area contributed by atoms with Gasteiger partial charge in [0.05, 0.1) is 0 Å². The standard InChI is InChI=1S/C50H100F2O/c1-5-9-13-17-21-23-25-27-29-31-33-35-39-43-47-49(51,45-41-37-19-15-11-7-3)53-50(52,46-42-38-20-16-12-8-4)48-44-40-36-34-32-30-28-26-24-22-18-14-10-6-2/h5-48H2,1-4H3. The highest BCUT2D eigenvalue weighted by Crippen LogP contribution is 2.39. The molecule has 2 unspecified atom stereocenters. The van der Waals surface area contributed by atoms with Crippen molar-refractivity contribution in [3.8, 4) is 0 Å². The van der Waals surface area contributed by atoms with Crippen molar-refractivity contribution >= 4 is 0 Å². The molecule has 0 fully saturated rings. The van der Waals surface area contributed by atoms with Gasteiger partial charge in [-0.05, 0) is 25.7 Å². The number of hydrogen-bond acceptors (Lipinski definition) is 1. The van der Waals surface area contributed by atoms with E-state index >= 15 is 8.78 Å². The average Bonchev–Trinajstić information content (AvgIpc) is 3.15. The Kier molecular flexibility index (Phi) is 41.3. The maximum atomic E-state index is 16.8. The first-order valence-corrected chi connectivity index (χ1v) is 25.0. The van der Waals surface area contributed by atoms with Gasteiger partial charge in [0.2, 0.25) is 11.7 Å². The van der Waals surface area contributed by atoms with Gasteiger partial charge in [0, 0.05) is 25.7 Å². The van der Waals surface area contributed by atoms with E-state index in [1.165, 1.54) is 193 Å². The van der Waals surface area contributed by atoms with Crippen LogP contribution in [0.4, 0.5) is 8.78 Å². The summed E-state index contributed by atoms with van der Waals surface area (Å²) in [5.41, 5.74) is 0. The van der Waals surface area contributed by atoms with Gasteiger partial charge in [0.1, 0.15) is 0 Å². The first-order chi connectivity index (χ1) is 25.9. The second kappa shape index (κ2) is 41.5. The third-order valence-electron chi connectivity index (χ3n) is 12.0. The van der Waals surface area contributed by atoms with E-state index < -0.39 is 11.7 Å². The fourth-order valence-corrected chi connectivity index (χ4v) is 8.29. The van der Waals surface area contributed by atoms with Crippen LogP contribution in [0.1, 0.15) is 310 Å². The highest BCUT2D eigenvalue weighted by atomic mass is 19.2. The molecule has 0 aromatic rings. The topological polar surface area (TPSA) is 9.23 Å². The van der Waals surface area contributed by atoms with Crippen molar-refractivity contribution in [1.29, 1.82) is 0 Å². The Hall–Kier alpha value is -0.180. The lowest BCUT2D eigenvalue weighted by Gasteiger charge is -2.35. The lowest BCUT2D eigenvalue weighted by Crippen LogP contribution is -2.39. The molecule has 0 aliphatic carbocycles. The largest absolute Gasteiger partial charge is 0.309 e.